The van der Waals surface area contributed by atoms with E-state index in [0.29, 0.717) is 24.4 Å². The molecule has 1 N–H and O–H groups in total. The van der Waals surface area contributed by atoms with Gasteiger partial charge in [0.05, 0.1) is 25.1 Å². The van der Waals surface area contributed by atoms with Crippen LogP contribution in [0.25, 0.3) is 0 Å². The molecule has 0 radical (unpaired) electrons. The largest absolute Gasteiger partial charge is 0.494 e. The van der Waals surface area contributed by atoms with Gasteiger partial charge in [-0.15, -0.1) is 0 Å². The number of carbonyl (C=O) groups is 1. The molecule has 0 bridgehead atoms. The van der Waals surface area contributed by atoms with E-state index in [1.807, 2.05) is 63.2 Å². The van der Waals surface area contributed by atoms with Crippen molar-refractivity contribution < 1.29 is 17.9 Å². The molecule has 174 valence electrons. The number of amides is 1. The lowest BCUT2D eigenvalue weighted by atomic mass is 10.1. The van der Waals surface area contributed by atoms with Gasteiger partial charge < -0.3 is 10.1 Å². The summed E-state index contributed by atoms with van der Waals surface area (Å²) < 4.78 is 31.8. The highest BCUT2D eigenvalue weighted by Gasteiger charge is 2.18. The lowest BCUT2D eigenvalue weighted by molar-refractivity contribution is 0.0951. The molecule has 0 unspecified atom stereocenters. The Hall–Kier alpha value is -3.32. The van der Waals surface area contributed by atoms with Crippen molar-refractivity contribution in [3.8, 4) is 5.75 Å². The summed E-state index contributed by atoms with van der Waals surface area (Å²) >= 11 is 0. The van der Waals surface area contributed by atoms with Crippen LogP contribution in [0.1, 0.15) is 39.5 Å². The number of aryl methyl sites for hydroxylation is 2. The molecule has 0 aliphatic rings. The number of rotatable bonds is 9. The van der Waals surface area contributed by atoms with Gasteiger partial charge in [0.15, 0.2) is 0 Å². The fraction of sp³-hybridized carbons (Fsp3) is 0.269. The molecule has 0 saturated heterocycles. The zero-order valence-electron chi connectivity index (χ0n) is 19.5. The predicted octanol–water partition coefficient (Wildman–Crippen LogP) is 4.60. The van der Waals surface area contributed by atoms with Crippen molar-refractivity contribution in [3.05, 3.63) is 94.5 Å². The second kappa shape index (κ2) is 10.5. The summed E-state index contributed by atoms with van der Waals surface area (Å²) in [7, 11) is -3.48. The first-order chi connectivity index (χ1) is 15.7. The van der Waals surface area contributed by atoms with Crippen LogP contribution < -0.4 is 14.4 Å². The van der Waals surface area contributed by atoms with Gasteiger partial charge in [-0.1, -0.05) is 30.3 Å². The highest BCUT2D eigenvalue weighted by Crippen LogP contribution is 2.23. The Morgan fingerprint density at radius 1 is 0.939 bits per heavy atom. The molecule has 3 rings (SSSR count). The van der Waals surface area contributed by atoms with Crippen molar-refractivity contribution in [2.24, 2.45) is 0 Å². The van der Waals surface area contributed by atoms with Crippen LogP contribution in [0.4, 0.5) is 5.69 Å². The quantitative estimate of drug-likeness (QED) is 0.500. The Morgan fingerprint density at radius 3 is 2.30 bits per heavy atom. The van der Waals surface area contributed by atoms with Crippen LogP contribution in [-0.2, 0) is 23.1 Å². The van der Waals surface area contributed by atoms with E-state index in [1.165, 1.54) is 10.6 Å². The Balaban J connectivity index is 1.68. The lowest BCUT2D eigenvalue weighted by Crippen LogP contribution is -2.29. The van der Waals surface area contributed by atoms with E-state index in [0.717, 1.165) is 28.0 Å². The van der Waals surface area contributed by atoms with Gasteiger partial charge in [-0.05, 0) is 79.4 Å². The van der Waals surface area contributed by atoms with Crippen LogP contribution in [-0.4, -0.2) is 27.2 Å². The van der Waals surface area contributed by atoms with Gasteiger partial charge in [0.1, 0.15) is 5.75 Å². The SMILES string of the molecule is CCOc1cccc(CNC(=O)c2ccc(CN(c3ccc(C)c(C)c3)S(C)(=O)=O)cc2)c1. The number of hydrogen-bond acceptors (Lipinski definition) is 4. The average Bonchev–Trinajstić information content (AvgIpc) is 2.78. The summed E-state index contributed by atoms with van der Waals surface area (Å²) in [5.74, 6) is 0.574. The van der Waals surface area contributed by atoms with Gasteiger partial charge >= 0.3 is 0 Å². The van der Waals surface area contributed by atoms with E-state index in [4.69, 9.17) is 4.74 Å². The Kier molecular flexibility index (Phi) is 7.76. The maximum atomic E-state index is 12.6. The monoisotopic (exact) mass is 466 g/mol. The molecule has 3 aromatic rings. The molecule has 6 nitrogen and oxygen atoms in total. The second-order valence-corrected chi connectivity index (χ2v) is 9.91. The zero-order chi connectivity index (χ0) is 24.0. The number of benzene rings is 3. The van der Waals surface area contributed by atoms with Crippen molar-refractivity contribution in [2.75, 3.05) is 17.2 Å². The van der Waals surface area contributed by atoms with Crippen LogP contribution in [0.2, 0.25) is 0 Å². The highest BCUT2D eigenvalue weighted by molar-refractivity contribution is 7.92. The molecule has 0 aliphatic heterocycles. The fourth-order valence-corrected chi connectivity index (χ4v) is 4.28. The first kappa shape index (κ1) is 24.3. The molecule has 0 atom stereocenters. The Bertz CT molecular complexity index is 1220. The molecule has 33 heavy (non-hydrogen) atoms. The molecule has 0 saturated carbocycles. The summed E-state index contributed by atoms with van der Waals surface area (Å²) in [5, 5.41) is 2.91. The molecule has 0 aliphatic carbocycles. The van der Waals surface area contributed by atoms with Crippen molar-refractivity contribution in [3.63, 3.8) is 0 Å². The maximum Gasteiger partial charge on any atom is 0.251 e. The minimum atomic E-state index is -3.48. The molecule has 7 heteroatoms. The molecule has 0 aromatic heterocycles. The molecule has 3 aromatic carbocycles. The number of carbonyl (C=O) groups excluding carboxylic acids is 1. The van der Waals surface area contributed by atoms with Crippen LogP contribution >= 0.6 is 0 Å². The first-order valence-corrected chi connectivity index (χ1v) is 12.7. The van der Waals surface area contributed by atoms with Crippen molar-refractivity contribution >= 4 is 21.6 Å². The molecule has 0 spiro atoms. The van der Waals surface area contributed by atoms with Crippen LogP contribution in [0, 0.1) is 13.8 Å². The number of nitrogens with zero attached hydrogens (tertiary/aromatic N) is 1. The number of anilines is 1. The normalized spacial score (nSPS) is 11.2. The molecular formula is C26H30N2O4S. The van der Waals surface area contributed by atoms with E-state index < -0.39 is 10.0 Å². The van der Waals surface area contributed by atoms with Gasteiger partial charge in [0.25, 0.3) is 5.91 Å². The van der Waals surface area contributed by atoms with Crippen LogP contribution in [0.5, 0.6) is 5.75 Å². The standard InChI is InChI=1S/C26H30N2O4S/c1-5-32-25-8-6-7-22(16-25)17-27-26(29)23-12-10-21(11-13-23)18-28(33(4,30)31)24-14-9-19(2)20(3)15-24/h6-16H,5,17-18H2,1-4H3,(H,27,29). The van der Waals surface area contributed by atoms with Crippen LogP contribution in [0.15, 0.2) is 66.7 Å². The molecular weight excluding hydrogens is 436 g/mol. The van der Waals surface area contributed by atoms with Gasteiger partial charge in [0.2, 0.25) is 10.0 Å². The minimum absolute atomic E-state index is 0.188. The van der Waals surface area contributed by atoms with E-state index in [-0.39, 0.29) is 12.5 Å². The summed E-state index contributed by atoms with van der Waals surface area (Å²) in [6.07, 6.45) is 1.20. The van der Waals surface area contributed by atoms with Gasteiger partial charge in [-0.25, -0.2) is 8.42 Å². The first-order valence-electron chi connectivity index (χ1n) is 10.8. The zero-order valence-corrected chi connectivity index (χ0v) is 20.3. The van der Waals surface area contributed by atoms with Crippen LogP contribution in [0.3, 0.4) is 0 Å². The minimum Gasteiger partial charge on any atom is -0.494 e. The van der Waals surface area contributed by atoms with Crippen molar-refractivity contribution in [1.29, 1.82) is 0 Å². The molecule has 0 heterocycles. The summed E-state index contributed by atoms with van der Waals surface area (Å²) in [6, 6.07) is 20.2. The number of nitrogens with one attached hydrogen (secondary N) is 1. The fourth-order valence-electron chi connectivity index (χ4n) is 3.40. The van der Waals surface area contributed by atoms with E-state index in [2.05, 4.69) is 5.32 Å². The smallest absolute Gasteiger partial charge is 0.251 e. The second-order valence-electron chi connectivity index (χ2n) is 8.00. The lowest BCUT2D eigenvalue weighted by Gasteiger charge is -2.23. The third kappa shape index (κ3) is 6.58. The van der Waals surface area contributed by atoms with E-state index in [9.17, 15) is 13.2 Å². The van der Waals surface area contributed by atoms with E-state index >= 15 is 0 Å². The third-order valence-corrected chi connectivity index (χ3v) is 6.52. The third-order valence-electron chi connectivity index (χ3n) is 5.38. The van der Waals surface area contributed by atoms with Gasteiger partial charge in [-0.3, -0.25) is 9.10 Å². The summed E-state index contributed by atoms with van der Waals surface area (Å²) in [5.41, 5.74) is 5.00. The number of hydrogen-bond donors (Lipinski definition) is 1. The summed E-state index contributed by atoms with van der Waals surface area (Å²) in [4.78, 5) is 12.6. The number of ether oxygens (including phenoxy) is 1. The topological polar surface area (TPSA) is 75.7 Å². The van der Waals surface area contributed by atoms with Gasteiger partial charge in [-0.2, -0.15) is 0 Å². The Labute approximate surface area is 196 Å². The number of sulfonamides is 1. The van der Waals surface area contributed by atoms with Crippen molar-refractivity contribution in [1.82, 2.24) is 5.32 Å². The van der Waals surface area contributed by atoms with E-state index in [1.54, 1.807) is 24.3 Å². The van der Waals surface area contributed by atoms with Gasteiger partial charge in [0, 0.05) is 12.1 Å². The van der Waals surface area contributed by atoms with Crippen molar-refractivity contribution in [2.45, 2.75) is 33.9 Å². The maximum absolute atomic E-state index is 12.6. The highest BCUT2D eigenvalue weighted by atomic mass is 32.2. The molecule has 1 amide bonds. The Morgan fingerprint density at radius 2 is 1.67 bits per heavy atom. The predicted molar refractivity (Wildman–Crippen MR) is 132 cm³/mol. The molecule has 0 fully saturated rings. The average molecular weight is 467 g/mol. The summed E-state index contributed by atoms with van der Waals surface area (Å²) in [6.45, 7) is 7.03.